The summed E-state index contributed by atoms with van der Waals surface area (Å²) >= 11 is 0. The Morgan fingerprint density at radius 3 is 2.24 bits per heavy atom. The summed E-state index contributed by atoms with van der Waals surface area (Å²) in [6.07, 6.45) is 4.43. The highest BCUT2D eigenvalue weighted by Crippen LogP contribution is 2.29. The third-order valence-electron chi connectivity index (χ3n) is 3.13. The fraction of sp³-hybridized carbons (Fsp3) is 0.538. The number of ether oxygens (including phenoxy) is 1. The van der Waals surface area contributed by atoms with E-state index < -0.39 is 17.2 Å². The Morgan fingerprint density at radius 1 is 1.06 bits per heavy atom. The molecule has 94 valence electrons. The Morgan fingerprint density at radius 2 is 1.65 bits per heavy atom. The van der Waals surface area contributed by atoms with Gasteiger partial charge in [-0.15, -0.1) is 0 Å². The molecule has 1 aromatic carbocycles. The highest BCUT2D eigenvalue weighted by Gasteiger charge is 2.30. The van der Waals surface area contributed by atoms with Crippen molar-refractivity contribution < 1.29 is 18.6 Å². The molecule has 0 bridgehead atoms. The summed E-state index contributed by atoms with van der Waals surface area (Å²) in [4.78, 5) is 0. The van der Waals surface area contributed by atoms with Crippen LogP contribution in [0.3, 0.4) is 0 Å². The molecule has 4 heteroatoms. The Kier molecular flexibility index (Phi) is 3.62. The van der Waals surface area contributed by atoms with Gasteiger partial charge in [-0.25, -0.2) is 8.78 Å². The molecule has 0 spiro atoms. The van der Waals surface area contributed by atoms with Crippen LogP contribution in [0.2, 0.25) is 0 Å². The van der Waals surface area contributed by atoms with E-state index in [1.165, 1.54) is 0 Å². The quantitative estimate of drug-likeness (QED) is 0.882. The van der Waals surface area contributed by atoms with Gasteiger partial charge in [0.05, 0.1) is 5.60 Å². The van der Waals surface area contributed by atoms with Crippen LogP contribution in [0.1, 0.15) is 32.1 Å². The van der Waals surface area contributed by atoms with E-state index in [9.17, 15) is 13.9 Å². The van der Waals surface area contributed by atoms with Gasteiger partial charge in [-0.2, -0.15) is 0 Å². The van der Waals surface area contributed by atoms with Gasteiger partial charge < -0.3 is 9.84 Å². The third-order valence-corrected chi connectivity index (χ3v) is 3.13. The fourth-order valence-electron chi connectivity index (χ4n) is 2.18. The van der Waals surface area contributed by atoms with Crippen LogP contribution in [0, 0.1) is 11.6 Å². The number of rotatable bonds is 3. The molecule has 0 atom stereocenters. The van der Waals surface area contributed by atoms with Crippen molar-refractivity contribution in [3.8, 4) is 5.75 Å². The largest absolute Gasteiger partial charge is 0.490 e. The molecule has 1 N–H and O–H groups in total. The van der Waals surface area contributed by atoms with Gasteiger partial charge in [-0.3, -0.25) is 0 Å². The molecule has 1 aliphatic carbocycles. The van der Waals surface area contributed by atoms with Crippen molar-refractivity contribution >= 4 is 0 Å². The summed E-state index contributed by atoms with van der Waals surface area (Å²) < 4.78 is 31.1. The van der Waals surface area contributed by atoms with Gasteiger partial charge in [-0.05, 0) is 12.8 Å². The van der Waals surface area contributed by atoms with Crippen molar-refractivity contribution in [2.45, 2.75) is 37.7 Å². The van der Waals surface area contributed by atoms with E-state index in [0.29, 0.717) is 12.8 Å². The summed E-state index contributed by atoms with van der Waals surface area (Å²) in [5.41, 5.74) is -0.846. The zero-order valence-electron chi connectivity index (χ0n) is 9.59. The van der Waals surface area contributed by atoms with E-state index in [1.54, 1.807) is 0 Å². The normalized spacial score (nSPS) is 19.0. The first-order valence-corrected chi connectivity index (χ1v) is 5.89. The minimum absolute atomic E-state index is 0.0931. The van der Waals surface area contributed by atoms with Crippen LogP contribution in [-0.4, -0.2) is 17.3 Å². The first-order chi connectivity index (χ1) is 8.07. The van der Waals surface area contributed by atoms with Crippen molar-refractivity contribution in [2.75, 3.05) is 6.61 Å². The molecular weight excluding hydrogens is 226 g/mol. The maximum Gasteiger partial charge on any atom is 0.129 e. The number of aliphatic hydroxyl groups is 1. The van der Waals surface area contributed by atoms with Crippen molar-refractivity contribution in [2.24, 2.45) is 0 Å². The molecule has 0 saturated heterocycles. The van der Waals surface area contributed by atoms with E-state index in [0.717, 1.165) is 37.5 Å². The second-order valence-electron chi connectivity index (χ2n) is 4.68. The number of hydrogen-bond acceptors (Lipinski definition) is 2. The summed E-state index contributed by atoms with van der Waals surface area (Å²) in [5, 5.41) is 10.2. The molecule has 1 aromatic rings. The van der Waals surface area contributed by atoms with Crippen molar-refractivity contribution in [1.82, 2.24) is 0 Å². The topological polar surface area (TPSA) is 29.5 Å². The maximum atomic E-state index is 12.9. The van der Waals surface area contributed by atoms with Gasteiger partial charge in [-0.1, -0.05) is 19.3 Å². The number of halogens is 2. The summed E-state index contributed by atoms with van der Waals surface area (Å²) in [6.45, 7) is 0.0931. The Bertz CT molecular complexity index is 367. The van der Waals surface area contributed by atoms with Crippen LogP contribution in [0.25, 0.3) is 0 Å². The molecular formula is C13H16F2O2. The van der Waals surface area contributed by atoms with Gasteiger partial charge in [0.1, 0.15) is 24.0 Å². The SMILES string of the molecule is OC1(COc2cc(F)cc(F)c2)CCCCC1. The zero-order valence-corrected chi connectivity index (χ0v) is 9.59. The Hall–Kier alpha value is -1.16. The van der Waals surface area contributed by atoms with Crippen LogP contribution < -0.4 is 4.74 Å². The van der Waals surface area contributed by atoms with Crippen LogP contribution in [0.5, 0.6) is 5.75 Å². The standard InChI is InChI=1S/C13H16F2O2/c14-10-6-11(15)8-12(7-10)17-9-13(16)4-2-1-3-5-13/h6-8,16H,1-5,9H2. The lowest BCUT2D eigenvalue weighted by Crippen LogP contribution is -2.37. The average molecular weight is 242 g/mol. The lowest BCUT2D eigenvalue weighted by molar-refractivity contribution is -0.0340. The maximum absolute atomic E-state index is 12.9. The van der Waals surface area contributed by atoms with Crippen LogP contribution in [0.15, 0.2) is 18.2 Å². The molecule has 0 radical (unpaired) electrons. The molecule has 0 amide bonds. The molecule has 0 aromatic heterocycles. The fourth-order valence-corrected chi connectivity index (χ4v) is 2.18. The number of hydrogen-bond donors (Lipinski definition) is 1. The van der Waals surface area contributed by atoms with Gasteiger partial charge in [0.2, 0.25) is 0 Å². The van der Waals surface area contributed by atoms with Crippen molar-refractivity contribution in [3.05, 3.63) is 29.8 Å². The summed E-state index contributed by atoms with van der Waals surface area (Å²) in [7, 11) is 0. The molecule has 0 unspecified atom stereocenters. The highest BCUT2D eigenvalue weighted by atomic mass is 19.1. The van der Waals surface area contributed by atoms with E-state index >= 15 is 0 Å². The van der Waals surface area contributed by atoms with Crippen molar-refractivity contribution in [1.29, 1.82) is 0 Å². The predicted octanol–water partition coefficient (Wildman–Crippen LogP) is 3.04. The van der Waals surface area contributed by atoms with E-state index in [4.69, 9.17) is 4.74 Å². The molecule has 17 heavy (non-hydrogen) atoms. The minimum Gasteiger partial charge on any atom is -0.490 e. The van der Waals surface area contributed by atoms with Gasteiger partial charge in [0, 0.05) is 18.2 Å². The monoisotopic (exact) mass is 242 g/mol. The number of benzene rings is 1. The van der Waals surface area contributed by atoms with E-state index in [-0.39, 0.29) is 12.4 Å². The molecule has 0 heterocycles. The minimum atomic E-state index is -0.846. The van der Waals surface area contributed by atoms with E-state index in [2.05, 4.69) is 0 Å². The Labute approximate surface area is 99.2 Å². The summed E-state index contributed by atoms with van der Waals surface area (Å²) in [5.74, 6) is -1.22. The van der Waals surface area contributed by atoms with Gasteiger partial charge >= 0.3 is 0 Å². The Balaban J connectivity index is 1.96. The molecule has 0 aliphatic heterocycles. The molecule has 2 nitrogen and oxygen atoms in total. The second kappa shape index (κ2) is 5.00. The van der Waals surface area contributed by atoms with Gasteiger partial charge in [0.15, 0.2) is 0 Å². The first kappa shape index (κ1) is 12.3. The van der Waals surface area contributed by atoms with E-state index in [1.807, 2.05) is 0 Å². The third kappa shape index (κ3) is 3.40. The first-order valence-electron chi connectivity index (χ1n) is 5.89. The highest BCUT2D eigenvalue weighted by molar-refractivity contribution is 5.23. The molecule has 1 aliphatic rings. The van der Waals surface area contributed by atoms with Gasteiger partial charge in [0.25, 0.3) is 0 Å². The molecule has 2 rings (SSSR count). The van der Waals surface area contributed by atoms with Crippen LogP contribution >= 0.6 is 0 Å². The smallest absolute Gasteiger partial charge is 0.129 e. The molecule has 1 saturated carbocycles. The second-order valence-corrected chi connectivity index (χ2v) is 4.68. The predicted molar refractivity (Wildman–Crippen MR) is 59.9 cm³/mol. The average Bonchev–Trinajstić information content (AvgIpc) is 2.26. The van der Waals surface area contributed by atoms with Crippen LogP contribution in [0.4, 0.5) is 8.78 Å². The lowest BCUT2D eigenvalue weighted by atomic mass is 9.85. The molecule has 1 fully saturated rings. The summed E-state index contributed by atoms with van der Waals surface area (Å²) in [6, 6.07) is 3.03. The van der Waals surface area contributed by atoms with Crippen molar-refractivity contribution in [3.63, 3.8) is 0 Å². The lowest BCUT2D eigenvalue weighted by Gasteiger charge is -2.31. The van der Waals surface area contributed by atoms with Crippen LogP contribution in [-0.2, 0) is 0 Å². The zero-order chi connectivity index (χ0) is 12.3.